The van der Waals surface area contributed by atoms with Gasteiger partial charge in [-0.15, -0.1) is 0 Å². The lowest BCUT2D eigenvalue weighted by molar-refractivity contribution is -0.117. The second-order valence-corrected chi connectivity index (χ2v) is 4.30. The van der Waals surface area contributed by atoms with Gasteiger partial charge in [-0.1, -0.05) is 44.2 Å². The standard InChI is InChI=1S/C13H20N2O/c1-10(2)13(15-9-8-12(14)16)11-6-4-3-5-7-11/h3-7,10,13,15H,8-9H2,1-2H3,(H2,14,16). The summed E-state index contributed by atoms with van der Waals surface area (Å²) in [4.78, 5) is 10.7. The second-order valence-electron chi connectivity index (χ2n) is 4.30. The number of amides is 1. The van der Waals surface area contributed by atoms with E-state index in [1.807, 2.05) is 18.2 Å². The van der Waals surface area contributed by atoms with Gasteiger partial charge in [0.25, 0.3) is 0 Å². The summed E-state index contributed by atoms with van der Waals surface area (Å²) >= 11 is 0. The van der Waals surface area contributed by atoms with Crippen LogP contribution in [0.2, 0.25) is 0 Å². The van der Waals surface area contributed by atoms with E-state index in [0.29, 0.717) is 18.9 Å². The molecule has 1 unspecified atom stereocenters. The predicted molar refractivity (Wildman–Crippen MR) is 65.8 cm³/mol. The topological polar surface area (TPSA) is 55.1 Å². The number of nitrogens with two attached hydrogens (primary N) is 1. The molecular formula is C13H20N2O. The Bertz CT molecular complexity index is 322. The molecule has 0 aliphatic rings. The molecule has 1 aromatic rings. The van der Waals surface area contributed by atoms with Crippen LogP contribution in [0.4, 0.5) is 0 Å². The minimum absolute atomic E-state index is 0.261. The Balaban J connectivity index is 2.58. The van der Waals surface area contributed by atoms with E-state index < -0.39 is 0 Å². The Labute approximate surface area is 97.0 Å². The highest BCUT2D eigenvalue weighted by Gasteiger charge is 2.14. The van der Waals surface area contributed by atoms with Gasteiger partial charge in [-0.05, 0) is 11.5 Å². The minimum Gasteiger partial charge on any atom is -0.370 e. The molecule has 3 heteroatoms. The highest BCUT2D eigenvalue weighted by molar-refractivity contribution is 5.73. The maximum Gasteiger partial charge on any atom is 0.218 e. The number of rotatable bonds is 6. The van der Waals surface area contributed by atoms with E-state index >= 15 is 0 Å². The maximum atomic E-state index is 10.7. The van der Waals surface area contributed by atoms with Gasteiger partial charge in [0, 0.05) is 19.0 Å². The van der Waals surface area contributed by atoms with Crippen LogP contribution in [0.25, 0.3) is 0 Å². The predicted octanol–water partition coefficient (Wildman–Crippen LogP) is 1.85. The smallest absolute Gasteiger partial charge is 0.218 e. The van der Waals surface area contributed by atoms with Crippen LogP contribution in [0.15, 0.2) is 30.3 Å². The first-order chi connectivity index (χ1) is 7.61. The first kappa shape index (κ1) is 12.7. The van der Waals surface area contributed by atoms with E-state index in [0.717, 1.165) is 0 Å². The summed E-state index contributed by atoms with van der Waals surface area (Å²) in [5, 5.41) is 3.37. The highest BCUT2D eigenvalue weighted by atomic mass is 16.1. The zero-order chi connectivity index (χ0) is 12.0. The number of hydrogen-bond acceptors (Lipinski definition) is 2. The van der Waals surface area contributed by atoms with Crippen LogP contribution in [-0.2, 0) is 4.79 Å². The van der Waals surface area contributed by atoms with Crippen LogP contribution in [0.1, 0.15) is 31.9 Å². The summed E-state index contributed by atoms with van der Waals surface area (Å²) in [7, 11) is 0. The number of benzene rings is 1. The third-order valence-corrected chi connectivity index (χ3v) is 2.56. The molecule has 3 N–H and O–H groups in total. The first-order valence-corrected chi connectivity index (χ1v) is 5.68. The molecule has 3 nitrogen and oxygen atoms in total. The van der Waals surface area contributed by atoms with E-state index in [4.69, 9.17) is 5.73 Å². The second kappa shape index (κ2) is 6.28. The third-order valence-electron chi connectivity index (χ3n) is 2.56. The SMILES string of the molecule is CC(C)C(NCCC(N)=O)c1ccccc1. The van der Waals surface area contributed by atoms with Gasteiger partial charge >= 0.3 is 0 Å². The summed E-state index contributed by atoms with van der Waals surface area (Å²) in [6, 6.07) is 10.5. The fourth-order valence-corrected chi connectivity index (χ4v) is 1.75. The molecule has 0 aliphatic carbocycles. The molecular weight excluding hydrogens is 200 g/mol. The molecule has 0 heterocycles. The number of carbonyl (C=O) groups excluding carboxylic acids is 1. The molecule has 0 spiro atoms. The lowest BCUT2D eigenvalue weighted by atomic mass is 9.96. The highest BCUT2D eigenvalue weighted by Crippen LogP contribution is 2.20. The number of primary amides is 1. The van der Waals surface area contributed by atoms with Gasteiger partial charge in [0.2, 0.25) is 5.91 Å². The molecule has 1 aromatic carbocycles. The van der Waals surface area contributed by atoms with E-state index in [9.17, 15) is 4.79 Å². The van der Waals surface area contributed by atoms with Crippen LogP contribution < -0.4 is 11.1 Å². The largest absolute Gasteiger partial charge is 0.370 e. The number of hydrogen-bond donors (Lipinski definition) is 2. The molecule has 0 aliphatic heterocycles. The molecule has 0 fully saturated rings. The van der Waals surface area contributed by atoms with Crippen LogP contribution in [0, 0.1) is 5.92 Å². The summed E-state index contributed by atoms with van der Waals surface area (Å²) in [6.07, 6.45) is 0.385. The van der Waals surface area contributed by atoms with E-state index in [2.05, 4.69) is 31.3 Å². The Hall–Kier alpha value is -1.35. The Kier molecular flexibility index (Phi) is 4.99. The van der Waals surface area contributed by atoms with Crippen molar-refractivity contribution in [2.24, 2.45) is 11.7 Å². The number of carbonyl (C=O) groups is 1. The molecule has 0 saturated heterocycles. The molecule has 0 saturated carbocycles. The Morgan fingerprint density at radius 1 is 1.31 bits per heavy atom. The molecule has 1 rings (SSSR count). The monoisotopic (exact) mass is 220 g/mol. The van der Waals surface area contributed by atoms with Gasteiger partial charge in [0.15, 0.2) is 0 Å². The molecule has 1 amide bonds. The minimum atomic E-state index is -0.261. The summed E-state index contributed by atoms with van der Waals surface area (Å²) in [5.41, 5.74) is 6.37. The quantitative estimate of drug-likeness (QED) is 0.768. The normalized spacial score (nSPS) is 12.7. The first-order valence-electron chi connectivity index (χ1n) is 5.68. The van der Waals surface area contributed by atoms with Gasteiger partial charge < -0.3 is 11.1 Å². The van der Waals surface area contributed by atoms with Gasteiger partial charge in [-0.2, -0.15) is 0 Å². The van der Waals surface area contributed by atoms with Crippen molar-refractivity contribution in [3.63, 3.8) is 0 Å². The van der Waals surface area contributed by atoms with E-state index in [1.54, 1.807) is 0 Å². The maximum absolute atomic E-state index is 10.7. The van der Waals surface area contributed by atoms with Crippen LogP contribution in [-0.4, -0.2) is 12.5 Å². The van der Waals surface area contributed by atoms with Crippen molar-refractivity contribution in [3.05, 3.63) is 35.9 Å². The van der Waals surface area contributed by atoms with Crippen molar-refractivity contribution in [3.8, 4) is 0 Å². The summed E-state index contributed by atoms with van der Waals surface area (Å²) in [5.74, 6) is 0.221. The van der Waals surface area contributed by atoms with Crippen LogP contribution in [0.3, 0.4) is 0 Å². The Morgan fingerprint density at radius 3 is 2.44 bits per heavy atom. The van der Waals surface area contributed by atoms with E-state index in [-0.39, 0.29) is 11.9 Å². The Morgan fingerprint density at radius 2 is 1.94 bits per heavy atom. The molecule has 0 bridgehead atoms. The van der Waals surface area contributed by atoms with Crippen LogP contribution >= 0.6 is 0 Å². The molecule has 1 atom stereocenters. The van der Waals surface area contributed by atoms with Gasteiger partial charge in [0.05, 0.1) is 0 Å². The van der Waals surface area contributed by atoms with Crippen molar-refractivity contribution in [2.45, 2.75) is 26.3 Å². The summed E-state index contributed by atoms with van der Waals surface area (Å²) in [6.45, 7) is 4.96. The fourth-order valence-electron chi connectivity index (χ4n) is 1.75. The molecule has 88 valence electrons. The van der Waals surface area contributed by atoms with Crippen molar-refractivity contribution in [1.82, 2.24) is 5.32 Å². The average Bonchev–Trinajstić information content (AvgIpc) is 2.25. The van der Waals surface area contributed by atoms with Crippen molar-refractivity contribution in [1.29, 1.82) is 0 Å². The van der Waals surface area contributed by atoms with Gasteiger partial charge in [0.1, 0.15) is 0 Å². The fraction of sp³-hybridized carbons (Fsp3) is 0.462. The average molecular weight is 220 g/mol. The summed E-state index contributed by atoms with van der Waals surface area (Å²) < 4.78 is 0. The lowest BCUT2D eigenvalue weighted by Crippen LogP contribution is -2.29. The molecule has 0 aromatic heterocycles. The van der Waals surface area contributed by atoms with Crippen molar-refractivity contribution in [2.75, 3.05) is 6.54 Å². The third kappa shape index (κ3) is 4.03. The zero-order valence-electron chi connectivity index (χ0n) is 9.94. The lowest BCUT2D eigenvalue weighted by Gasteiger charge is -2.22. The number of nitrogens with one attached hydrogen (secondary N) is 1. The van der Waals surface area contributed by atoms with Crippen LogP contribution in [0.5, 0.6) is 0 Å². The zero-order valence-corrected chi connectivity index (χ0v) is 9.94. The van der Waals surface area contributed by atoms with Crippen molar-refractivity contribution < 1.29 is 4.79 Å². The molecule has 16 heavy (non-hydrogen) atoms. The van der Waals surface area contributed by atoms with E-state index in [1.165, 1.54) is 5.56 Å². The van der Waals surface area contributed by atoms with Crippen molar-refractivity contribution >= 4 is 5.91 Å². The molecule has 0 radical (unpaired) electrons. The van der Waals surface area contributed by atoms with Gasteiger partial charge in [-0.25, -0.2) is 0 Å². The van der Waals surface area contributed by atoms with Gasteiger partial charge in [-0.3, -0.25) is 4.79 Å².